The van der Waals surface area contributed by atoms with Crippen LogP contribution in [0.3, 0.4) is 0 Å². The van der Waals surface area contributed by atoms with Gasteiger partial charge >= 0.3 is 6.09 Å². The van der Waals surface area contributed by atoms with E-state index in [1.54, 1.807) is 36.4 Å². The maximum atomic E-state index is 13.4. The van der Waals surface area contributed by atoms with E-state index >= 15 is 0 Å². The number of hydrogen-bond donors (Lipinski definition) is 0. The number of rotatable bonds is 2. The molecule has 0 spiro atoms. The fraction of sp³-hybridized carbons (Fsp3) is 0.474. The van der Waals surface area contributed by atoms with Gasteiger partial charge in [-0.25, -0.2) is 13.2 Å². The monoisotopic (exact) mass is 469 g/mol. The molecule has 1 amide bonds. The number of aromatic nitrogens is 1. The van der Waals surface area contributed by atoms with Gasteiger partial charge in [-0.1, -0.05) is 12.1 Å². The quantitative estimate of drug-likeness (QED) is 0.670. The summed E-state index contributed by atoms with van der Waals surface area (Å²) in [6.07, 6.45) is 2.81. The largest absolute Gasteiger partial charge is 0.444 e. The van der Waals surface area contributed by atoms with Crippen LogP contribution in [0.1, 0.15) is 27.7 Å². The van der Waals surface area contributed by atoms with Gasteiger partial charge in [0.25, 0.3) is 0 Å². The van der Waals surface area contributed by atoms with E-state index in [1.165, 1.54) is 4.31 Å². The highest BCUT2D eigenvalue weighted by Crippen LogP contribution is 2.32. The maximum Gasteiger partial charge on any atom is 0.410 e. The van der Waals surface area contributed by atoms with Gasteiger partial charge in [-0.15, -0.1) is 0 Å². The van der Waals surface area contributed by atoms with Gasteiger partial charge < -0.3 is 9.64 Å². The number of fused-ring (bicyclic) bond motifs is 1. The first-order valence-electron chi connectivity index (χ1n) is 9.03. The van der Waals surface area contributed by atoms with Crippen LogP contribution >= 0.6 is 15.9 Å². The molecular weight excluding hydrogens is 446 g/mol. The first-order valence-corrected chi connectivity index (χ1v) is 11.3. The molecule has 0 unspecified atom stereocenters. The Morgan fingerprint density at radius 2 is 1.96 bits per heavy atom. The number of halogens is 1. The van der Waals surface area contributed by atoms with Crippen LogP contribution in [0.15, 0.2) is 40.0 Å². The molecular formula is C19H24BrN3O4S. The number of sulfonamides is 1. The third-order valence-corrected chi connectivity index (χ3v) is 7.16. The minimum atomic E-state index is -3.75. The van der Waals surface area contributed by atoms with Crippen molar-refractivity contribution in [3.05, 3.63) is 35.1 Å². The topological polar surface area (TPSA) is 79.8 Å². The second kappa shape index (κ2) is 7.61. The summed E-state index contributed by atoms with van der Waals surface area (Å²) in [5.41, 5.74) is -0.590. The molecule has 1 saturated heterocycles. The number of hydrogen-bond acceptors (Lipinski definition) is 5. The standard InChI is InChI=1S/C19H24BrN3O4S/c1-13-12-22(18(24)27-19(2,3)4)8-9-23(13)28(25,26)16-7-5-6-14-10-21-11-15(20)17(14)16/h5-7,10-11,13H,8-9,12H2,1-4H3/t13-/m0/s1. The number of amides is 1. The smallest absolute Gasteiger partial charge is 0.410 e. The molecule has 2 aromatic rings. The van der Waals surface area contributed by atoms with Gasteiger partial charge in [0.05, 0.1) is 4.90 Å². The van der Waals surface area contributed by atoms with Crippen LogP contribution in [0.25, 0.3) is 10.8 Å². The molecule has 152 valence electrons. The molecule has 0 aliphatic carbocycles. The number of piperazine rings is 1. The van der Waals surface area contributed by atoms with Crippen LogP contribution in [0.5, 0.6) is 0 Å². The third-order valence-electron chi connectivity index (χ3n) is 4.50. The lowest BCUT2D eigenvalue weighted by atomic mass is 10.2. The Balaban J connectivity index is 1.88. The lowest BCUT2D eigenvalue weighted by Gasteiger charge is -2.39. The molecule has 9 heteroatoms. The van der Waals surface area contributed by atoms with Crippen molar-refractivity contribution in [3.8, 4) is 0 Å². The third kappa shape index (κ3) is 4.16. The van der Waals surface area contributed by atoms with Crippen molar-refractivity contribution in [2.75, 3.05) is 19.6 Å². The molecule has 1 aliphatic rings. The Labute approximate surface area is 173 Å². The molecule has 7 nitrogen and oxygen atoms in total. The highest BCUT2D eigenvalue weighted by molar-refractivity contribution is 9.10. The maximum absolute atomic E-state index is 13.4. The number of benzene rings is 1. The van der Waals surface area contributed by atoms with E-state index in [1.807, 2.05) is 26.8 Å². The highest BCUT2D eigenvalue weighted by atomic mass is 79.9. The summed E-state index contributed by atoms with van der Waals surface area (Å²) in [6, 6.07) is 4.78. The number of carbonyl (C=O) groups excluding carboxylic acids is 1. The molecule has 1 fully saturated rings. The Hall–Kier alpha value is -1.71. The van der Waals surface area contributed by atoms with Crippen molar-refractivity contribution >= 4 is 42.8 Å². The van der Waals surface area contributed by atoms with Gasteiger partial charge in [-0.2, -0.15) is 4.31 Å². The van der Waals surface area contributed by atoms with E-state index in [0.717, 1.165) is 5.39 Å². The summed E-state index contributed by atoms with van der Waals surface area (Å²) in [4.78, 5) is 18.2. The predicted molar refractivity (Wildman–Crippen MR) is 111 cm³/mol. The van der Waals surface area contributed by atoms with Crippen LogP contribution in [-0.2, 0) is 14.8 Å². The highest BCUT2D eigenvalue weighted by Gasteiger charge is 2.37. The van der Waals surface area contributed by atoms with Crippen molar-refractivity contribution in [2.24, 2.45) is 0 Å². The normalized spacial score (nSPS) is 19.0. The van der Waals surface area contributed by atoms with Crippen LogP contribution in [0.2, 0.25) is 0 Å². The van der Waals surface area contributed by atoms with E-state index in [0.29, 0.717) is 9.86 Å². The number of pyridine rings is 1. The molecule has 1 aromatic heterocycles. The average Bonchev–Trinajstić information content (AvgIpc) is 2.59. The fourth-order valence-electron chi connectivity index (χ4n) is 3.29. The summed E-state index contributed by atoms with van der Waals surface area (Å²) in [7, 11) is -3.75. The minimum Gasteiger partial charge on any atom is -0.444 e. The lowest BCUT2D eigenvalue weighted by Crippen LogP contribution is -2.56. The zero-order valence-corrected chi connectivity index (χ0v) is 18.7. The Morgan fingerprint density at radius 1 is 1.25 bits per heavy atom. The van der Waals surface area contributed by atoms with Crippen LogP contribution < -0.4 is 0 Å². The predicted octanol–water partition coefficient (Wildman–Crippen LogP) is 3.63. The minimum absolute atomic E-state index is 0.210. The SMILES string of the molecule is C[C@H]1CN(C(=O)OC(C)(C)C)CCN1S(=O)(=O)c1cccc2cncc(Br)c12. The molecule has 0 bridgehead atoms. The van der Waals surface area contributed by atoms with E-state index in [2.05, 4.69) is 20.9 Å². The summed E-state index contributed by atoms with van der Waals surface area (Å²) in [5, 5.41) is 1.36. The van der Waals surface area contributed by atoms with Gasteiger partial charge in [0.1, 0.15) is 5.60 Å². The zero-order chi connectivity index (χ0) is 20.7. The molecule has 28 heavy (non-hydrogen) atoms. The first-order chi connectivity index (χ1) is 13.0. The lowest BCUT2D eigenvalue weighted by molar-refractivity contribution is 0.0143. The number of carbonyl (C=O) groups is 1. The van der Waals surface area contributed by atoms with Gasteiger partial charge in [0.15, 0.2) is 0 Å². The summed E-state index contributed by atoms with van der Waals surface area (Å²) in [6.45, 7) is 8.00. The van der Waals surface area contributed by atoms with Crippen molar-refractivity contribution < 1.29 is 17.9 Å². The van der Waals surface area contributed by atoms with E-state index in [9.17, 15) is 13.2 Å². The second-order valence-electron chi connectivity index (χ2n) is 7.87. The van der Waals surface area contributed by atoms with Gasteiger partial charge in [-0.05, 0) is 49.7 Å². The van der Waals surface area contributed by atoms with Gasteiger partial charge in [-0.3, -0.25) is 4.98 Å². The second-order valence-corrected chi connectivity index (χ2v) is 10.6. The molecule has 3 rings (SSSR count). The van der Waals surface area contributed by atoms with Crippen LogP contribution in [-0.4, -0.2) is 60.0 Å². The molecule has 1 atom stereocenters. The van der Waals surface area contributed by atoms with Gasteiger partial charge in [0.2, 0.25) is 10.0 Å². The van der Waals surface area contributed by atoms with E-state index in [4.69, 9.17) is 4.74 Å². The van der Waals surface area contributed by atoms with Crippen LogP contribution in [0.4, 0.5) is 4.79 Å². The Bertz CT molecular complexity index is 999. The van der Waals surface area contributed by atoms with E-state index in [-0.39, 0.29) is 30.6 Å². The fourth-order valence-corrected chi connectivity index (χ4v) is 5.83. The van der Waals surface area contributed by atoms with Gasteiger partial charge in [0, 0.05) is 53.3 Å². The molecule has 0 N–H and O–H groups in total. The summed E-state index contributed by atoms with van der Waals surface area (Å²) >= 11 is 3.42. The molecule has 1 aromatic carbocycles. The van der Waals surface area contributed by atoms with Crippen molar-refractivity contribution in [2.45, 2.75) is 44.2 Å². The van der Waals surface area contributed by atoms with E-state index < -0.39 is 21.7 Å². The molecule has 0 saturated carbocycles. The van der Waals surface area contributed by atoms with Crippen molar-refractivity contribution in [1.29, 1.82) is 0 Å². The number of ether oxygens (including phenoxy) is 1. The molecule has 0 radical (unpaired) electrons. The Kier molecular flexibility index (Phi) is 5.71. The Morgan fingerprint density at radius 3 is 2.61 bits per heavy atom. The average molecular weight is 470 g/mol. The van der Waals surface area contributed by atoms with Crippen LogP contribution in [0, 0.1) is 0 Å². The molecule has 1 aliphatic heterocycles. The molecule has 2 heterocycles. The summed E-state index contributed by atoms with van der Waals surface area (Å²) < 4.78 is 34.3. The zero-order valence-electron chi connectivity index (χ0n) is 16.3. The van der Waals surface area contributed by atoms with Crippen molar-refractivity contribution in [1.82, 2.24) is 14.2 Å². The first kappa shape index (κ1) is 21.0. The number of nitrogens with zero attached hydrogens (tertiary/aromatic N) is 3. The summed E-state index contributed by atoms with van der Waals surface area (Å²) in [5.74, 6) is 0. The van der Waals surface area contributed by atoms with Crippen molar-refractivity contribution in [3.63, 3.8) is 0 Å².